The molecule has 0 bridgehead atoms. The highest BCUT2D eigenvalue weighted by molar-refractivity contribution is 5.19. The van der Waals surface area contributed by atoms with Crippen molar-refractivity contribution in [1.82, 2.24) is 9.97 Å². The van der Waals surface area contributed by atoms with E-state index in [0.29, 0.717) is 11.8 Å². The van der Waals surface area contributed by atoms with Gasteiger partial charge >= 0.3 is 0 Å². The highest BCUT2D eigenvalue weighted by atomic mass is 14.7. The summed E-state index contributed by atoms with van der Waals surface area (Å²) in [5.74, 6) is 0.948. The van der Waals surface area contributed by atoms with Gasteiger partial charge in [0.05, 0.1) is 0 Å². The Bertz CT molecular complexity index is 474. The molecule has 1 unspecified atom stereocenters. The van der Waals surface area contributed by atoms with Crippen LogP contribution in [0.2, 0.25) is 0 Å². The molecule has 0 amide bonds. The number of nitrogens with zero attached hydrogens (tertiary/aromatic N) is 2. The summed E-state index contributed by atoms with van der Waals surface area (Å²) in [6, 6.07) is 10.4. The van der Waals surface area contributed by atoms with E-state index in [2.05, 4.69) is 48.9 Å². The Morgan fingerprint density at radius 1 is 1.00 bits per heavy atom. The molecule has 0 aliphatic rings. The van der Waals surface area contributed by atoms with Crippen molar-refractivity contribution in [1.29, 1.82) is 0 Å². The van der Waals surface area contributed by atoms with Crippen molar-refractivity contribution in [2.24, 2.45) is 0 Å². The van der Waals surface area contributed by atoms with E-state index in [9.17, 15) is 0 Å². The van der Waals surface area contributed by atoms with E-state index in [0.717, 1.165) is 17.8 Å². The molecular weight excluding hydrogens is 220 g/mol. The van der Waals surface area contributed by atoms with Crippen molar-refractivity contribution < 1.29 is 0 Å². The summed E-state index contributed by atoms with van der Waals surface area (Å²) in [4.78, 5) is 8.93. The van der Waals surface area contributed by atoms with Gasteiger partial charge in [0.25, 0.3) is 0 Å². The van der Waals surface area contributed by atoms with E-state index in [4.69, 9.17) is 0 Å². The van der Waals surface area contributed by atoms with Crippen LogP contribution < -0.4 is 0 Å². The van der Waals surface area contributed by atoms with E-state index in [1.807, 2.05) is 24.5 Å². The number of hydrogen-bond acceptors (Lipinski definition) is 2. The average molecular weight is 240 g/mol. The van der Waals surface area contributed by atoms with E-state index in [1.54, 1.807) is 0 Å². The summed E-state index contributed by atoms with van der Waals surface area (Å²) in [5, 5.41) is 0. The third kappa shape index (κ3) is 3.16. The molecule has 0 radical (unpaired) electrons. The predicted molar refractivity (Wildman–Crippen MR) is 74.7 cm³/mol. The van der Waals surface area contributed by atoms with E-state index < -0.39 is 0 Å². The number of hydrogen-bond donors (Lipinski definition) is 0. The van der Waals surface area contributed by atoms with Crippen LogP contribution in [0.4, 0.5) is 0 Å². The standard InChI is InChI=1S/C16H20N2/c1-12(2)14-7-8-15(18-11-14)10-13(3)16-6-4-5-9-17-16/h4-9,11-13H,10H2,1-3H3. The highest BCUT2D eigenvalue weighted by Crippen LogP contribution is 2.18. The smallest absolute Gasteiger partial charge is 0.0435 e. The minimum atomic E-state index is 0.406. The molecule has 18 heavy (non-hydrogen) atoms. The molecule has 2 aromatic rings. The SMILES string of the molecule is CC(C)c1ccc(CC(C)c2ccccn2)nc1. The first-order valence-electron chi connectivity index (χ1n) is 6.52. The summed E-state index contributed by atoms with van der Waals surface area (Å²) in [5.41, 5.74) is 3.56. The average Bonchev–Trinajstić information content (AvgIpc) is 2.40. The maximum atomic E-state index is 4.54. The van der Waals surface area contributed by atoms with E-state index in [-0.39, 0.29) is 0 Å². The Labute approximate surface area is 109 Å². The first-order valence-corrected chi connectivity index (χ1v) is 6.52. The highest BCUT2D eigenvalue weighted by Gasteiger charge is 2.08. The molecule has 0 aromatic carbocycles. The second-order valence-corrected chi connectivity index (χ2v) is 5.10. The van der Waals surface area contributed by atoms with Crippen LogP contribution in [0.25, 0.3) is 0 Å². The zero-order valence-corrected chi connectivity index (χ0v) is 11.3. The molecule has 0 N–H and O–H groups in total. The van der Waals surface area contributed by atoms with Gasteiger partial charge in [-0.25, -0.2) is 0 Å². The Hall–Kier alpha value is -1.70. The maximum Gasteiger partial charge on any atom is 0.0435 e. The van der Waals surface area contributed by atoms with Gasteiger partial charge in [0, 0.05) is 29.7 Å². The van der Waals surface area contributed by atoms with Gasteiger partial charge in [-0.1, -0.05) is 32.9 Å². The van der Waals surface area contributed by atoms with Crippen molar-refractivity contribution in [3.05, 3.63) is 59.7 Å². The second kappa shape index (κ2) is 5.76. The van der Waals surface area contributed by atoms with E-state index >= 15 is 0 Å². The summed E-state index contributed by atoms with van der Waals surface area (Å²) in [6.45, 7) is 6.57. The quantitative estimate of drug-likeness (QED) is 0.808. The molecule has 2 rings (SSSR count). The van der Waals surface area contributed by atoms with Crippen molar-refractivity contribution in [2.45, 2.75) is 39.0 Å². The van der Waals surface area contributed by atoms with Gasteiger partial charge in [0.1, 0.15) is 0 Å². The molecule has 0 spiro atoms. The van der Waals surface area contributed by atoms with Crippen LogP contribution in [0.1, 0.15) is 49.6 Å². The zero-order valence-electron chi connectivity index (χ0n) is 11.3. The van der Waals surface area contributed by atoms with Gasteiger partial charge < -0.3 is 0 Å². The first-order chi connectivity index (χ1) is 8.66. The molecule has 0 saturated carbocycles. The second-order valence-electron chi connectivity index (χ2n) is 5.10. The largest absolute Gasteiger partial charge is 0.261 e. The third-order valence-corrected chi connectivity index (χ3v) is 3.22. The summed E-state index contributed by atoms with van der Waals surface area (Å²) in [7, 11) is 0. The first kappa shape index (κ1) is 12.7. The summed E-state index contributed by atoms with van der Waals surface area (Å²) in [6.07, 6.45) is 4.78. The predicted octanol–water partition coefficient (Wildman–Crippen LogP) is 3.95. The topological polar surface area (TPSA) is 25.8 Å². The van der Waals surface area contributed by atoms with Gasteiger partial charge in [0.15, 0.2) is 0 Å². The molecule has 2 aromatic heterocycles. The third-order valence-electron chi connectivity index (χ3n) is 3.22. The molecule has 0 aliphatic carbocycles. The van der Waals surface area contributed by atoms with Crippen LogP contribution >= 0.6 is 0 Å². The fourth-order valence-corrected chi connectivity index (χ4v) is 1.98. The Kier molecular flexibility index (Phi) is 4.08. The maximum absolute atomic E-state index is 4.54. The normalized spacial score (nSPS) is 12.7. The van der Waals surface area contributed by atoms with Crippen LogP contribution in [0, 0.1) is 0 Å². The van der Waals surface area contributed by atoms with Crippen LogP contribution in [-0.4, -0.2) is 9.97 Å². The summed E-state index contributed by atoms with van der Waals surface area (Å²) >= 11 is 0. The molecule has 0 aliphatic heterocycles. The molecule has 2 nitrogen and oxygen atoms in total. The lowest BCUT2D eigenvalue weighted by atomic mass is 9.99. The Morgan fingerprint density at radius 3 is 2.39 bits per heavy atom. The van der Waals surface area contributed by atoms with Gasteiger partial charge in [-0.3, -0.25) is 9.97 Å². The Balaban J connectivity index is 2.05. The number of rotatable bonds is 4. The Morgan fingerprint density at radius 2 is 1.83 bits per heavy atom. The lowest BCUT2D eigenvalue weighted by Gasteiger charge is -2.11. The minimum absolute atomic E-state index is 0.406. The van der Waals surface area contributed by atoms with Gasteiger partial charge in [-0.2, -0.15) is 0 Å². The van der Waals surface area contributed by atoms with Gasteiger partial charge in [-0.15, -0.1) is 0 Å². The van der Waals surface area contributed by atoms with Crippen molar-refractivity contribution >= 4 is 0 Å². The van der Waals surface area contributed by atoms with Crippen LogP contribution in [0.5, 0.6) is 0 Å². The molecule has 2 heteroatoms. The monoisotopic (exact) mass is 240 g/mol. The van der Waals surface area contributed by atoms with Crippen LogP contribution in [-0.2, 0) is 6.42 Å². The van der Waals surface area contributed by atoms with Crippen LogP contribution in [0.3, 0.4) is 0 Å². The lowest BCUT2D eigenvalue weighted by molar-refractivity contribution is 0.713. The molecule has 1 atom stereocenters. The zero-order chi connectivity index (χ0) is 13.0. The number of pyridine rings is 2. The van der Waals surface area contributed by atoms with Crippen molar-refractivity contribution in [2.75, 3.05) is 0 Å². The fourth-order valence-electron chi connectivity index (χ4n) is 1.98. The summed E-state index contributed by atoms with van der Waals surface area (Å²) < 4.78 is 0. The molecule has 0 saturated heterocycles. The van der Waals surface area contributed by atoms with Gasteiger partial charge in [-0.05, 0) is 36.1 Å². The number of aromatic nitrogens is 2. The lowest BCUT2D eigenvalue weighted by Crippen LogP contribution is -2.02. The van der Waals surface area contributed by atoms with E-state index in [1.165, 1.54) is 5.56 Å². The van der Waals surface area contributed by atoms with Gasteiger partial charge in [0.2, 0.25) is 0 Å². The molecule has 2 heterocycles. The fraction of sp³-hybridized carbons (Fsp3) is 0.375. The van der Waals surface area contributed by atoms with Crippen LogP contribution in [0.15, 0.2) is 42.7 Å². The molecule has 94 valence electrons. The minimum Gasteiger partial charge on any atom is -0.261 e. The van der Waals surface area contributed by atoms with Crippen molar-refractivity contribution in [3.8, 4) is 0 Å². The molecular formula is C16H20N2. The van der Waals surface area contributed by atoms with Crippen molar-refractivity contribution in [3.63, 3.8) is 0 Å². The molecule has 0 fully saturated rings.